The van der Waals surface area contributed by atoms with E-state index in [1.54, 1.807) is 18.4 Å². The van der Waals surface area contributed by atoms with E-state index in [4.69, 9.17) is 16.3 Å². The average Bonchev–Trinajstić information content (AvgIpc) is 2.79. The zero-order chi connectivity index (χ0) is 11.4. The predicted octanol–water partition coefficient (Wildman–Crippen LogP) is 4.02. The van der Waals surface area contributed by atoms with Gasteiger partial charge >= 0.3 is 0 Å². The van der Waals surface area contributed by atoms with E-state index in [0.29, 0.717) is 10.8 Å². The predicted molar refractivity (Wildman–Crippen MR) is 69.6 cm³/mol. The fourth-order valence-corrected chi connectivity index (χ4v) is 2.37. The van der Waals surface area contributed by atoms with E-state index in [1.807, 2.05) is 18.2 Å². The van der Waals surface area contributed by atoms with Crippen molar-refractivity contribution in [3.8, 4) is 5.75 Å². The fraction of sp³-hybridized carbons (Fsp3) is 0.167. The van der Waals surface area contributed by atoms with Crippen LogP contribution in [-0.2, 0) is 6.54 Å². The summed E-state index contributed by atoms with van der Waals surface area (Å²) in [6, 6.07) is 7.77. The van der Waals surface area contributed by atoms with Crippen LogP contribution in [0.4, 0.5) is 5.69 Å². The molecule has 0 unspecified atom stereocenters. The van der Waals surface area contributed by atoms with E-state index in [9.17, 15) is 0 Å². The summed E-state index contributed by atoms with van der Waals surface area (Å²) in [4.78, 5) is 0. The molecule has 0 spiro atoms. The maximum atomic E-state index is 6.03. The van der Waals surface area contributed by atoms with Crippen LogP contribution in [0.5, 0.6) is 5.75 Å². The van der Waals surface area contributed by atoms with Gasteiger partial charge < -0.3 is 10.1 Å². The number of halogens is 1. The van der Waals surface area contributed by atoms with E-state index < -0.39 is 0 Å². The van der Waals surface area contributed by atoms with Gasteiger partial charge in [0.05, 0.1) is 17.8 Å². The second kappa shape index (κ2) is 5.23. The summed E-state index contributed by atoms with van der Waals surface area (Å²) in [7, 11) is 1.62. The summed E-state index contributed by atoms with van der Waals surface area (Å²) >= 11 is 7.72. The van der Waals surface area contributed by atoms with E-state index in [0.717, 1.165) is 12.2 Å². The topological polar surface area (TPSA) is 21.3 Å². The van der Waals surface area contributed by atoms with Crippen molar-refractivity contribution in [2.24, 2.45) is 0 Å². The summed E-state index contributed by atoms with van der Waals surface area (Å²) in [6.07, 6.45) is 0. The Labute approximate surface area is 104 Å². The molecule has 1 aromatic heterocycles. The highest BCUT2D eigenvalue weighted by molar-refractivity contribution is 7.07. The Morgan fingerprint density at radius 2 is 2.25 bits per heavy atom. The summed E-state index contributed by atoms with van der Waals surface area (Å²) < 4.78 is 5.25. The van der Waals surface area contributed by atoms with Gasteiger partial charge in [0, 0.05) is 6.54 Å². The highest BCUT2D eigenvalue weighted by atomic mass is 35.5. The molecule has 2 nitrogen and oxygen atoms in total. The number of thiophene rings is 1. The molecule has 0 bridgehead atoms. The minimum Gasteiger partial charge on any atom is -0.493 e. The lowest BCUT2D eigenvalue weighted by molar-refractivity contribution is 0.416. The smallest absolute Gasteiger partial charge is 0.160 e. The lowest BCUT2D eigenvalue weighted by atomic mass is 10.2. The van der Waals surface area contributed by atoms with Gasteiger partial charge in [-0.15, -0.1) is 0 Å². The molecule has 0 aliphatic rings. The molecule has 0 saturated heterocycles. The number of hydrogen-bond donors (Lipinski definition) is 1. The maximum Gasteiger partial charge on any atom is 0.160 e. The Hall–Kier alpha value is -1.19. The lowest BCUT2D eigenvalue weighted by Gasteiger charge is -2.11. The number of para-hydroxylation sites is 1. The third-order valence-corrected chi connectivity index (χ3v) is 3.26. The molecule has 0 saturated carbocycles. The molecule has 1 N–H and O–H groups in total. The largest absolute Gasteiger partial charge is 0.493 e. The second-order valence-corrected chi connectivity index (χ2v) is 4.49. The first-order valence-electron chi connectivity index (χ1n) is 4.88. The van der Waals surface area contributed by atoms with E-state index in [1.165, 1.54) is 5.56 Å². The average molecular weight is 254 g/mol. The number of methoxy groups -OCH3 is 1. The molecule has 4 heteroatoms. The quantitative estimate of drug-likeness (QED) is 0.889. The Morgan fingerprint density at radius 1 is 1.38 bits per heavy atom. The summed E-state index contributed by atoms with van der Waals surface area (Å²) in [6.45, 7) is 0.778. The molecule has 84 valence electrons. The Morgan fingerprint density at radius 3 is 2.94 bits per heavy atom. The number of benzene rings is 1. The minimum absolute atomic E-state index is 0.623. The number of hydrogen-bond acceptors (Lipinski definition) is 3. The van der Waals surface area contributed by atoms with Gasteiger partial charge in [0.25, 0.3) is 0 Å². The monoisotopic (exact) mass is 253 g/mol. The van der Waals surface area contributed by atoms with Gasteiger partial charge in [0.15, 0.2) is 5.75 Å². The number of ether oxygens (including phenoxy) is 1. The second-order valence-electron chi connectivity index (χ2n) is 3.31. The van der Waals surface area contributed by atoms with Crippen LogP contribution >= 0.6 is 22.9 Å². The van der Waals surface area contributed by atoms with Crippen molar-refractivity contribution in [1.29, 1.82) is 0 Å². The van der Waals surface area contributed by atoms with Crippen molar-refractivity contribution in [1.82, 2.24) is 0 Å². The van der Waals surface area contributed by atoms with Gasteiger partial charge in [0.2, 0.25) is 0 Å². The Balaban J connectivity index is 2.12. The SMILES string of the molecule is COc1c(Cl)cccc1NCc1ccsc1. The van der Waals surface area contributed by atoms with Gasteiger partial charge in [-0.2, -0.15) is 11.3 Å². The molecule has 0 aliphatic heterocycles. The summed E-state index contributed by atoms with van der Waals surface area (Å²) in [5.41, 5.74) is 2.17. The Bertz CT molecular complexity index is 456. The summed E-state index contributed by atoms with van der Waals surface area (Å²) in [5, 5.41) is 8.10. The fourth-order valence-electron chi connectivity index (χ4n) is 1.45. The van der Waals surface area contributed by atoms with Crippen molar-refractivity contribution >= 4 is 28.6 Å². The molecule has 2 rings (SSSR count). The standard InChI is InChI=1S/C12H12ClNOS/c1-15-12-10(13)3-2-4-11(12)14-7-9-5-6-16-8-9/h2-6,8,14H,7H2,1H3. The molecule has 0 fully saturated rings. The van der Waals surface area contributed by atoms with Crippen LogP contribution in [0.2, 0.25) is 5.02 Å². The Kier molecular flexibility index (Phi) is 3.70. The van der Waals surface area contributed by atoms with Gasteiger partial charge in [-0.3, -0.25) is 0 Å². The first-order valence-corrected chi connectivity index (χ1v) is 6.21. The van der Waals surface area contributed by atoms with Crippen LogP contribution in [0.1, 0.15) is 5.56 Å². The van der Waals surface area contributed by atoms with Crippen molar-refractivity contribution in [3.05, 3.63) is 45.6 Å². The van der Waals surface area contributed by atoms with Crippen LogP contribution in [0.15, 0.2) is 35.0 Å². The highest BCUT2D eigenvalue weighted by Crippen LogP contribution is 2.32. The van der Waals surface area contributed by atoms with Crippen molar-refractivity contribution in [2.45, 2.75) is 6.54 Å². The van der Waals surface area contributed by atoms with Gasteiger partial charge in [0.1, 0.15) is 0 Å². The molecule has 1 heterocycles. The molecular weight excluding hydrogens is 242 g/mol. The minimum atomic E-state index is 0.623. The molecule has 16 heavy (non-hydrogen) atoms. The molecule has 2 aromatic rings. The maximum absolute atomic E-state index is 6.03. The molecule has 0 amide bonds. The van der Waals surface area contributed by atoms with Gasteiger partial charge in [-0.25, -0.2) is 0 Å². The normalized spacial score (nSPS) is 10.1. The van der Waals surface area contributed by atoms with Crippen LogP contribution in [0, 0.1) is 0 Å². The van der Waals surface area contributed by atoms with Crippen LogP contribution in [0.3, 0.4) is 0 Å². The number of anilines is 1. The molecule has 0 radical (unpaired) electrons. The van der Waals surface area contributed by atoms with Crippen molar-refractivity contribution < 1.29 is 4.74 Å². The first-order chi connectivity index (χ1) is 7.81. The summed E-state index contributed by atoms with van der Waals surface area (Å²) in [5.74, 6) is 0.694. The van der Waals surface area contributed by atoms with E-state index in [-0.39, 0.29) is 0 Å². The van der Waals surface area contributed by atoms with Crippen LogP contribution in [-0.4, -0.2) is 7.11 Å². The molecule has 0 aliphatic carbocycles. The highest BCUT2D eigenvalue weighted by Gasteiger charge is 2.06. The van der Waals surface area contributed by atoms with Gasteiger partial charge in [-0.1, -0.05) is 17.7 Å². The van der Waals surface area contributed by atoms with Crippen molar-refractivity contribution in [2.75, 3.05) is 12.4 Å². The van der Waals surface area contributed by atoms with Crippen LogP contribution < -0.4 is 10.1 Å². The third kappa shape index (κ3) is 2.49. The van der Waals surface area contributed by atoms with Crippen molar-refractivity contribution in [3.63, 3.8) is 0 Å². The van der Waals surface area contributed by atoms with Crippen LogP contribution in [0.25, 0.3) is 0 Å². The first kappa shape index (κ1) is 11.3. The molecule has 0 atom stereocenters. The van der Waals surface area contributed by atoms with Gasteiger partial charge in [-0.05, 0) is 34.5 Å². The third-order valence-electron chi connectivity index (χ3n) is 2.23. The zero-order valence-electron chi connectivity index (χ0n) is 8.87. The molecule has 1 aromatic carbocycles. The number of nitrogens with one attached hydrogen (secondary N) is 1. The zero-order valence-corrected chi connectivity index (χ0v) is 10.4. The van der Waals surface area contributed by atoms with E-state index in [2.05, 4.69) is 22.1 Å². The molecular formula is C12H12ClNOS. The number of rotatable bonds is 4. The van der Waals surface area contributed by atoms with E-state index >= 15 is 0 Å². The lowest BCUT2D eigenvalue weighted by Crippen LogP contribution is -2.00.